The Labute approximate surface area is 145 Å². The SMILES string of the molecule is CC(C)(C)OC(=O)NCc1cc(Br)cc(OCC(F)(F)C(F)F)c1. The monoisotopic (exact) mass is 415 g/mol. The summed E-state index contributed by atoms with van der Waals surface area (Å²) in [4.78, 5) is 11.6. The van der Waals surface area contributed by atoms with Crippen LogP contribution >= 0.6 is 15.9 Å². The van der Waals surface area contributed by atoms with E-state index in [9.17, 15) is 22.4 Å². The molecular weight excluding hydrogens is 398 g/mol. The molecule has 9 heteroatoms. The molecule has 0 spiro atoms. The second-order valence-corrected chi connectivity index (χ2v) is 6.92. The molecule has 0 fully saturated rings. The molecule has 4 nitrogen and oxygen atoms in total. The first-order valence-corrected chi connectivity index (χ1v) is 7.73. The summed E-state index contributed by atoms with van der Waals surface area (Å²) in [7, 11) is 0. The highest BCUT2D eigenvalue weighted by atomic mass is 79.9. The summed E-state index contributed by atoms with van der Waals surface area (Å²) in [5.74, 6) is -4.26. The molecule has 1 amide bonds. The van der Waals surface area contributed by atoms with Gasteiger partial charge in [0, 0.05) is 11.0 Å². The number of benzene rings is 1. The number of hydrogen-bond donors (Lipinski definition) is 1. The van der Waals surface area contributed by atoms with Gasteiger partial charge in [0.2, 0.25) is 0 Å². The Kier molecular flexibility index (Phi) is 6.88. The van der Waals surface area contributed by atoms with Crippen molar-refractivity contribution in [2.45, 2.75) is 45.3 Å². The molecule has 0 saturated carbocycles. The molecule has 136 valence electrons. The summed E-state index contributed by atoms with van der Waals surface area (Å²) in [6, 6.07) is 4.34. The number of amides is 1. The molecule has 0 atom stereocenters. The van der Waals surface area contributed by atoms with E-state index in [2.05, 4.69) is 21.2 Å². The van der Waals surface area contributed by atoms with E-state index in [1.807, 2.05) is 0 Å². The van der Waals surface area contributed by atoms with Gasteiger partial charge in [-0.25, -0.2) is 13.6 Å². The van der Waals surface area contributed by atoms with E-state index in [0.29, 0.717) is 10.0 Å². The zero-order valence-corrected chi connectivity index (χ0v) is 14.9. The number of hydrogen-bond acceptors (Lipinski definition) is 3. The first-order chi connectivity index (χ1) is 10.9. The van der Waals surface area contributed by atoms with Crippen molar-refractivity contribution in [3.63, 3.8) is 0 Å². The predicted octanol–water partition coefficient (Wildman–Crippen LogP) is 4.75. The van der Waals surface area contributed by atoms with Crippen LogP contribution in [-0.2, 0) is 11.3 Å². The largest absolute Gasteiger partial charge is 0.487 e. The number of nitrogens with one attached hydrogen (secondary N) is 1. The lowest BCUT2D eigenvalue weighted by atomic mass is 10.2. The van der Waals surface area contributed by atoms with E-state index in [0.717, 1.165) is 0 Å². The molecule has 0 heterocycles. The Bertz CT molecular complexity index is 576. The molecule has 0 aromatic heterocycles. The van der Waals surface area contributed by atoms with E-state index in [4.69, 9.17) is 9.47 Å². The highest BCUT2D eigenvalue weighted by Gasteiger charge is 2.41. The van der Waals surface area contributed by atoms with Gasteiger partial charge < -0.3 is 14.8 Å². The first-order valence-electron chi connectivity index (χ1n) is 6.94. The molecular formula is C15H18BrF4NO3. The highest BCUT2D eigenvalue weighted by Crippen LogP contribution is 2.26. The average molecular weight is 416 g/mol. The second-order valence-electron chi connectivity index (χ2n) is 6.00. The molecule has 24 heavy (non-hydrogen) atoms. The molecule has 0 radical (unpaired) electrons. The van der Waals surface area contributed by atoms with Crippen LogP contribution in [-0.4, -0.2) is 30.6 Å². The zero-order valence-electron chi connectivity index (χ0n) is 13.3. The summed E-state index contributed by atoms with van der Waals surface area (Å²) in [5.41, 5.74) is -0.137. The van der Waals surface area contributed by atoms with Gasteiger partial charge in [0.05, 0.1) is 0 Å². The third-order valence-electron chi connectivity index (χ3n) is 2.52. The van der Waals surface area contributed by atoms with Crippen molar-refractivity contribution in [1.29, 1.82) is 0 Å². The van der Waals surface area contributed by atoms with Gasteiger partial charge in [-0.15, -0.1) is 0 Å². The lowest BCUT2D eigenvalue weighted by molar-refractivity contribution is -0.148. The highest BCUT2D eigenvalue weighted by molar-refractivity contribution is 9.10. The van der Waals surface area contributed by atoms with E-state index in [1.165, 1.54) is 12.1 Å². The number of halogens is 5. The van der Waals surface area contributed by atoms with Crippen molar-refractivity contribution in [2.24, 2.45) is 0 Å². The lowest BCUT2D eigenvalue weighted by Crippen LogP contribution is -2.33. The van der Waals surface area contributed by atoms with Gasteiger partial charge in [0.1, 0.15) is 11.4 Å². The lowest BCUT2D eigenvalue weighted by Gasteiger charge is -2.20. The standard InChI is InChI=1S/C15H18BrF4NO3/c1-14(2,3)24-13(22)21-7-9-4-10(16)6-11(5-9)23-8-15(19,20)12(17)18/h4-6,12H,7-8H2,1-3H3,(H,21,22). The Morgan fingerprint density at radius 2 is 1.88 bits per heavy atom. The average Bonchev–Trinajstić information content (AvgIpc) is 2.40. The van der Waals surface area contributed by atoms with Crippen LogP contribution in [0.25, 0.3) is 0 Å². The summed E-state index contributed by atoms with van der Waals surface area (Å²) >= 11 is 3.16. The van der Waals surface area contributed by atoms with Crippen LogP contribution in [0.4, 0.5) is 22.4 Å². The Morgan fingerprint density at radius 1 is 1.25 bits per heavy atom. The molecule has 0 unspecified atom stereocenters. The van der Waals surface area contributed by atoms with E-state index < -0.39 is 30.6 Å². The van der Waals surface area contributed by atoms with Crippen LogP contribution in [0.3, 0.4) is 0 Å². The van der Waals surface area contributed by atoms with Gasteiger partial charge >= 0.3 is 18.4 Å². The number of carbonyl (C=O) groups is 1. The van der Waals surface area contributed by atoms with Crippen molar-refractivity contribution in [3.8, 4) is 5.75 Å². The minimum absolute atomic E-state index is 0.0225. The van der Waals surface area contributed by atoms with Gasteiger partial charge in [-0.05, 0) is 44.5 Å². The topological polar surface area (TPSA) is 47.6 Å². The normalized spacial score (nSPS) is 12.2. The fourth-order valence-corrected chi connectivity index (χ4v) is 2.06. The fourth-order valence-electron chi connectivity index (χ4n) is 1.54. The van der Waals surface area contributed by atoms with Crippen LogP contribution in [0.2, 0.25) is 0 Å². The minimum Gasteiger partial charge on any atom is -0.487 e. The van der Waals surface area contributed by atoms with Gasteiger partial charge in [0.15, 0.2) is 6.61 Å². The number of alkyl halides is 4. The predicted molar refractivity (Wildman–Crippen MR) is 83.7 cm³/mol. The maximum absolute atomic E-state index is 12.9. The van der Waals surface area contributed by atoms with E-state index >= 15 is 0 Å². The molecule has 0 aliphatic carbocycles. The molecule has 0 bridgehead atoms. The van der Waals surface area contributed by atoms with Gasteiger partial charge in [-0.1, -0.05) is 15.9 Å². The molecule has 1 aromatic carbocycles. The smallest absolute Gasteiger partial charge is 0.407 e. The minimum atomic E-state index is -4.24. The van der Waals surface area contributed by atoms with Crippen LogP contribution in [0.1, 0.15) is 26.3 Å². The number of carbonyl (C=O) groups excluding carboxylic acids is 1. The van der Waals surface area contributed by atoms with Crippen LogP contribution in [0, 0.1) is 0 Å². The Hall–Kier alpha value is -1.51. The van der Waals surface area contributed by atoms with Crippen LogP contribution in [0.15, 0.2) is 22.7 Å². The maximum Gasteiger partial charge on any atom is 0.407 e. The van der Waals surface area contributed by atoms with Crippen molar-refractivity contribution in [2.75, 3.05) is 6.61 Å². The van der Waals surface area contributed by atoms with Gasteiger partial charge in [0.25, 0.3) is 0 Å². The molecule has 0 saturated heterocycles. The number of alkyl carbamates (subject to hydrolysis) is 1. The van der Waals surface area contributed by atoms with Crippen molar-refractivity contribution in [1.82, 2.24) is 5.32 Å². The second kappa shape index (κ2) is 8.04. The van der Waals surface area contributed by atoms with E-state index in [-0.39, 0.29) is 12.3 Å². The Balaban J connectivity index is 2.68. The molecule has 1 aromatic rings. The summed E-state index contributed by atoms with van der Waals surface area (Å²) < 4.78 is 60.3. The number of ether oxygens (including phenoxy) is 2. The van der Waals surface area contributed by atoms with Crippen molar-refractivity contribution >= 4 is 22.0 Å². The number of rotatable bonds is 6. The molecule has 1 rings (SSSR count). The quantitative estimate of drug-likeness (QED) is 0.681. The van der Waals surface area contributed by atoms with E-state index in [1.54, 1.807) is 26.8 Å². The zero-order chi connectivity index (χ0) is 18.5. The van der Waals surface area contributed by atoms with Crippen LogP contribution in [0.5, 0.6) is 5.75 Å². The summed E-state index contributed by atoms with van der Waals surface area (Å²) in [5, 5.41) is 2.49. The molecule has 0 aliphatic rings. The molecule has 0 aliphatic heterocycles. The third kappa shape index (κ3) is 7.37. The summed E-state index contributed by atoms with van der Waals surface area (Å²) in [6.07, 6.45) is -4.45. The van der Waals surface area contributed by atoms with Gasteiger partial charge in [-0.2, -0.15) is 8.78 Å². The fraction of sp³-hybridized carbons (Fsp3) is 0.533. The third-order valence-corrected chi connectivity index (χ3v) is 2.98. The van der Waals surface area contributed by atoms with Gasteiger partial charge in [-0.3, -0.25) is 0 Å². The maximum atomic E-state index is 12.9. The van der Waals surface area contributed by atoms with Crippen molar-refractivity contribution < 1.29 is 31.8 Å². The Morgan fingerprint density at radius 3 is 2.42 bits per heavy atom. The molecule has 1 N–H and O–H groups in total. The van der Waals surface area contributed by atoms with Crippen LogP contribution < -0.4 is 10.1 Å². The summed E-state index contributed by atoms with van der Waals surface area (Å²) in [6.45, 7) is 3.73. The van der Waals surface area contributed by atoms with Crippen molar-refractivity contribution in [3.05, 3.63) is 28.2 Å². The first kappa shape index (κ1) is 20.5.